The van der Waals surface area contributed by atoms with Gasteiger partial charge in [-0.15, -0.1) is 0 Å². The van der Waals surface area contributed by atoms with Crippen molar-refractivity contribution < 1.29 is 33.9 Å². The molecule has 1 aliphatic heterocycles. The summed E-state index contributed by atoms with van der Waals surface area (Å²) in [6.45, 7) is 2.29. The summed E-state index contributed by atoms with van der Waals surface area (Å²) in [6, 6.07) is -4.10. The Kier molecular flexibility index (Phi) is 14.2. The molecule has 1 rings (SSSR count). The lowest BCUT2D eigenvalue weighted by Crippen LogP contribution is -2.60. The van der Waals surface area contributed by atoms with Crippen LogP contribution in [0.3, 0.4) is 0 Å². The van der Waals surface area contributed by atoms with Gasteiger partial charge >= 0.3 is 0 Å². The summed E-state index contributed by atoms with van der Waals surface area (Å²) in [5, 5.41) is 29.7. The molecule has 15 N–H and O–H groups in total. The molecule has 0 aromatic carbocycles. The highest BCUT2D eigenvalue weighted by Gasteiger charge is 2.28. The Bertz CT molecular complexity index is 890. The second-order valence-corrected chi connectivity index (χ2v) is 8.93. The van der Waals surface area contributed by atoms with Crippen molar-refractivity contribution in [2.24, 2.45) is 17.2 Å². The maximum Gasteiger partial charge on any atom is 0.257 e. The zero-order chi connectivity index (χ0) is 29.7. The minimum Gasteiger partial charge on any atom is -0.375 e. The summed E-state index contributed by atoms with van der Waals surface area (Å²) in [5.74, 6) is -4.20. The fraction of sp³-hybridized carbons (Fsp3) is 0.714. The average molecular weight is 560 g/mol. The Morgan fingerprint density at radius 1 is 0.846 bits per heavy atom. The zero-order valence-electron chi connectivity index (χ0n) is 22.2. The van der Waals surface area contributed by atoms with Gasteiger partial charge in [0.1, 0.15) is 30.5 Å². The van der Waals surface area contributed by atoms with Gasteiger partial charge in [0.15, 0.2) is 6.17 Å². The minimum atomic E-state index is -1.55. The molecular formula is C21H41N11O7. The molecule has 0 aromatic rings. The second kappa shape index (κ2) is 16.5. The van der Waals surface area contributed by atoms with E-state index >= 15 is 0 Å². The highest BCUT2D eigenvalue weighted by atomic mass is 16.3. The third-order valence-electron chi connectivity index (χ3n) is 5.71. The molecule has 1 unspecified atom stereocenters. The highest BCUT2D eigenvalue weighted by molar-refractivity contribution is 5.94. The van der Waals surface area contributed by atoms with Crippen LogP contribution in [0.25, 0.3) is 0 Å². The number of rotatable bonds is 3. The number of amides is 6. The van der Waals surface area contributed by atoms with E-state index in [2.05, 4.69) is 42.5 Å². The number of aliphatic hydroxyl groups is 1. The summed E-state index contributed by atoms with van der Waals surface area (Å²) in [5.41, 5.74) is 17.1. The minimum absolute atomic E-state index is 0.00911. The maximum atomic E-state index is 12.6. The number of hydrogen-bond acceptors (Lipinski definition) is 12. The molecule has 0 saturated carbocycles. The van der Waals surface area contributed by atoms with Crippen molar-refractivity contribution in [3.05, 3.63) is 0 Å². The van der Waals surface area contributed by atoms with Crippen molar-refractivity contribution in [2.75, 3.05) is 26.7 Å². The number of likely N-dealkylation sites (N-methyl/N-ethyl adjacent to an activating group) is 1. The summed E-state index contributed by atoms with van der Waals surface area (Å²) >= 11 is 0. The molecule has 0 bridgehead atoms. The third kappa shape index (κ3) is 11.5. The zero-order valence-corrected chi connectivity index (χ0v) is 22.2. The van der Waals surface area contributed by atoms with E-state index in [9.17, 15) is 33.9 Å². The van der Waals surface area contributed by atoms with E-state index in [0.717, 1.165) is 0 Å². The smallest absolute Gasteiger partial charge is 0.257 e. The number of carbonyl (C=O) groups is 6. The summed E-state index contributed by atoms with van der Waals surface area (Å²) in [4.78, 5) is 74.8. The van der Waals surface area contributed by atoms with Gasteiger partial charge in [-0.05, 0) is 40.3 Å². The van der Waals surface area contributed by atoms with Gasteiger partial charge in [-0.3, -0.25) is 34.1 Å². The predicted octanol–water partition coefficient (Wildman–Crippen LogP) is -7.35. The standard InChI is InChI=1S/C21H41N11O7/c1-9-16(34)30-12(4-6-22)19(37)32-14(23)20(38)26-7-5-11(25-3)18(36)29-10(2)17(35)31-15(24)21(39)27-8-13(33)28-9/h9-12,14-15,21,25,27,39H,4-8,22-24H2,1-3H3,(H,26,38)(H,28,33)(H,29,36)(H,30,34)(H,31,35)(H,32,37)/t9-,10-,11-,12-,14+,15-,21?/m0/s1. The van der Waals surface area contributed by atoms with E-state index < -0.39 is 84.7 Å². The molecule has 1 aliphatic rings. The van der Waals surface area contributed by atoms with E-state index in [0.29, 0.717) is 0 Å². The van der Waals surface area contributed by atoms with Gasteiger partial charge in [-0.2, -0.15) is 0 Å². The molecule has 1 heterocycles. The predicted molar refractivity (Wildman–Crippen MR) is 138 cm³/mol. The fourth-order valence-electron chi connectivity index (χ4n) is 3.34. The molecule has 0 radical (unpaired) electrons. The summed E-state index contributed by atoms with van der Waals surface area (Å²) in [7, 11) is 1.51. The molecule has 18 nitrogen and oxygen atoms in total. The number of nitrogens with two attached hydrogens (primary N) is 3. The van der Waals surface area contributed by atoms with Crippen molar-refractivity contribution in [1.82, 2.24) is 42.5 Å². The topological polar surface area (TPSA) is 297 Å². The molecule has 222 valence electrons. The van der Waals surface area contributed by atoms with Crippen LogP contribution in [-0.2, 0) is 28.8 Å². The summed E-state index contributed by atoms with van der Waals surface area (Å²) in [6.07, 6.45) is -4.25. The van der Waals surface area contributed by atoms with Gasteiger partial charge in [-0.25, -0.2) is 0 Å². The van der Waals surface area contributed by atoms with Gasteiger partial charge in [0.2, 0.25) is 29.5 Å². The molecule has 0 spiro atoms. The van der Waals surface area contributed by atoms with Crippen molar-refractivity contribution in [3.8, 4) is 0 Å². The molecule has 7 atom stereocenters. The van der Waals surface area contributed by atoms with E-state index in [-0.39, 0.29) is 25.9 Å². The van der Waals surface area contributed by atoms with Gasteiger partial charge in [0.25, 0.3) is 5.91 Å². The Morgan fingerprint density at radius 3 is 2.08 bits per heavy atom. The first-order chi connectivity index (χ1) is 18.3. The van der Waals surface area contributed by atoms with Crippen LogP contribution in [0, 0.1) is 0 Å². The molecule has 18 heteroatoms. The lowest BCUT2D eigenvalue weighted by Gasteiger charge is -2.24. The van der Waals surface area contributed by atoms with E-state index in [4.69, 9.17) is 17.2 Å². The number of carbonyl (C=O) groups excluding carboxylic acids is 6. The fourth-order valence-corrected chi connectivity index (χ4v) is 3.34. The first-order valence-corrected chi connectivity index (χ1v) is 12.4. The lowest BCUT2D eigenvalue weighted by molar-refractivity contribution is -0.133. The monoisotopic (exact) mass is 559 g/mol. The normalized spacial score (nSPS) is 31.6. The molecular weight excluding hydrogens is 518 g/mol. The van der Waals surface area contributed by atoms with Crippen LogP contribution in [0.15, 0.2) is 0 Å². The van der Waals surface area contributed by atoms with Gasteiger partial charge < -0.3 is 59.5 Å². The van der Waals surface area contributed by atoms with E-state index in [1.165, 1.54) is 20.9 Å². The van der Waals surface area contributed by atoms with Gasteiger partial charge in [0.05, 0.1) is 12.6 Å². The van der Waals surface area contributed by atoms with Crippen molar-refractivity contribution >= 4 is 35.4 Å². The average Bonchev–Trinajstić information content (AvgIpc) is 2.88. The second-order valence-electron chi connectivity index (χ2n) is 8.93. The van der Waals surface area contributed by atoms with Crippen molar-refractivity contribution in [1.29, 1.82) is 0 Å². The van der Waals surface area contributed by atoms with Gasteiger partial charge in [0, 0.05) is 6.54 Å². The Balaban J connectivity index is 3.06. The first-order valence-electron chi connectivity index (χ1n) is 12.4. The first kappa shape index (κ1) is 33.6. The Labute approximate surface area is 225 Å². The van der Waals surface area contributed by atoms with Crippen LogP contribution in [0.2, 0.25) is 0 Å². The number of hydrogen-bond donors (Lipinski definition) is 12. The summed E-state index contributed by atoms with van der Waals surface area (Å²) < 4.78 is 0. The van der Waals surface area contributed by atoms with Crippen LogP contribution in [-0.4, -0.2) is 110 Å². The molecule has 0 aliphatic carbocycles. The number of nitrogens with one attached hydrogen (secondary N) is 8. The molecule has 1 saturated heterocycles. The maximum absolute atomic E-state index is 12.6. The SMILES string of the molecule is CN[C@H]1CCNC(=O)[C@H](N)NC(=O)[C@H](CCN)NC(=O)[C@H](C)NC(=O)CNC(O)[C@@H](N)NC(=O)[C@H](C)NC1=O. The largest absolute Gasteiger partial charge is 0.375 e. The van der Waals surface area contributed by atoms with Crippen LogP contribution >= 0.6 is 0 Å². The Morgan fingerprint density at radius 2 is 1.46 bits per heavy atom. The van der Waals surface area contributed by atoms with Crippen LogP contribution < -0.4 is 59.7 Å². The molecule has 1 fully saturated rings. The van der Waals surface area contributed by atoms with Crippen LogP contribution in [0.4, 0.5) is 0 Å². The third-order valence-corrected chi connectivity index (χ3v) is 5.71. The number of aliphatic hydroxyl groups excluding tert-OH is 1. The van der Waals surface area contributed by atoms with Crippen LogP contribution in [0.1, 0.15) is 26.7 Å². The lowest BCUT2D eigenvalue weighted by atomic mass is 10.1. The molecule has 39 heavy (non-hydrogen) atoms. The van der Waals surface area contributed by atoms with Gasteiger partial charge in [-0.1, -0.05) is 0 Å². The van der Waals surface area contributed by atoms with E-state index in [1.807, 2.05) is 0 Å². The van der Waals surface area contributed by atoms with Crippen molar-refractivity contribution in [2.45, 2.75) is 69.4 Å². The van der Waals surface area contributed by atoms with Crippen LogP contribution in [0.5, 0.6) is 0 Å². The highest BCUT2D eigenvalue weighted by Crippen LogP contribution is 1.97. The Hall–Kier alpha value is -3.42. The molecule has 6 amide bonds. The molecule has 0 aromatic heterocycles. The van der Waals surface area contributed by atoms with E-state index in [1.54, 1.807) is 0 Å². The quantitative estimate of drug-likeness (QED) is 0.153. The van der Waals surface area contributed by atoms with Crippen molar-refractivity contribution in [3.63, 3.8) is 0 Å².